The Hall–Kier alpha value is -1.62. The van der Waals surface area contributed by atoms with Crippen molar-refractivity contribution < 1.29 is 14.3 Å². The number of carbonyl (C=O) groups is 2. The minimum atomic E-state index is -0.540. The lowest BCUT2D eigenvalue weighted by atomic mass is 10.1. The second-order valence-corrected chi connectivity index (χ2v) is 5.70. The van der Waals surface area contributed by atoms with E-state index < -0.39 is 5.97 Å². The van der Waals surface area contributed by atoms with E-state index in [1.807, 2.05) is 39.0 Å². The molecule has 5 heteroatoms. The number of hydrogen-bond acceptors (Lipinski definition) is 3. The molecule has 0 aliphatic heterocycles. The number of esters is 1. The number of ether oxygens (including phenoxy) is 1. The lowest BCUT2D eigenvalue weighted by molar-refractivity contribution is -0.144. The van der Waals surface area contributed by atoms with E-state index in [0.717, 1.165) is 22.0 Å². The molecule has 0 heterocycles. The molecule has 0 saturated heterocycles. The van der Waals surface area contributed by atoms with Gasteiger partial charge in [-0.25, -0.2) is 4.79 Å². The predicted octanol–water partition coefficient (Wildman–Crippen LogP) is 3.23. The summed E-state index contributed by atoms with van der Waals surface area (Å²) in [6.45, 7) is 5.60. The third-order valence-corrected chi connectivity index (χ3v) is 3.61. The topological polar surface area (TPSA) is 55.4 Å². The maximum atomic E-state index is 11.6. The van der Waals surface area contributed by atoms with Crippen LogP contribution in [-0.2, 0) is 14.3 Å². The van der Waals surface area contributed by atoms with Crippen molar-refractivity contribution in [3.05, 3.63) is 39.9 Å². The molecule has 0 unspecified atom stereocenters. The standard InChI is InChI=1S/C16H20BrNO3/c1-4-12(3)18-15(19)10-21-16(20)8-7-13-6-5-11(2)9-14(13)17/h5-9,12H,4,10H2,1-3H3,(H,18,19)/b8-7+/t12-/m0/s1. The highest BCUT2D eigenvalue weighted by atomic mass is 79.9. The first-order chi connectivity index (χ1) is 9.92. The van der Waals surface area contributed by atoms with Crippen LogP contribution in [0.15, 0.2) is 28.7 Å². The van der Waals surface area contributed by atoms with Crippen molar-refractivity contribution in [3.63, 3.8) is 0 Å². The third kappa shape index (κ3) is 6.58. The summed E-state index contributed by atoms with van der Waals surface area (Å²) in [5.74, 6) is -0.829. The van der Waals surface area contributed by atoms with Crippen LogP contribution in [0, 0.1) is 6.92 Å². The number of rotatable bonds is 6. The van der Waals surface area contributed by atoms with Gasteiger partial charge in [-0.15, -0.1) is 0 Å². The van der Waals surface area contributed by atoms with Crippen LogP contribution in [0.4, 0.5) is 0 Å². The van der Waals surface area contributed by atoms with Crippen molar-refractivity contribution in [1.29, 1.82) is 0 Å². The van der Waals surface area contributed by atoms with Crippen LogP contribution in [0.2, 0.25) is 0 Å². The second kappa shape index (κ2) is 8.62. The fourth-order valence-corrected chi connectivity index (χ4v) is 2.15. The molecule has 1 amide bonds. The molecule has 1 N–H and O–H groups in total. The van der Waals surface area contributed by atoms with Crippen molar-refractivity contribution in [2.75, 3.05) is 6.61 Å². The van der Waals surface area contributed by atoms with E-state index >= 15 is 0 Å². The Bertz CT molecular complexity index is 540. The fraction of sp³-hybridized carbons (Fsp3) is 0.375. The lowest BCUT2D eigenvalue weighted by Crippen LogP contribution is -2.35. The fourth-order valence-electron chi connectivity index (χ4n) is 1.53. The van der Waals surface area contributed by atoms with Gasteiger partial charge in [-0.3, -0.25) is 4.79 Å². The van der Waals surface area contributed by atoms with Gasteiger partial charge in [-0.1, -0.05) is 35.0 Å². The summed E-state index contributed by atoms with van der Waals surface area (Å²) < 4.78 is 5.79. The van der Waals surface area contributed by atoms with Crippen LogP contribution in [0.5, 0.6) is 0 Å². The van der Waals surface area contributed by atoms with Crippen LogP contribution >= 0.6 is 15.9 Å². The molecule has 1 rings (SSSR count). The van der Waals surface area contributed by atoms with Crippen LogP contribution < -0.4 is 5.32 Å². The van der Waals surface area contributed by atoms with Crippen LogP contribution in [0.25, 0.3) is 6.08 Å². The van der Waals surface area contributed by atoms with Gasteiger partial charge in [0, 0.05) is 16.6 Å². The number of halogens is 1. The van der Waals surface area contributed by atoms with Gasteiger partial charge in [0.1, 0.15) is 0 Å². The zero-order valence-corrected chi connectivity index (χ0v) is 14.1. The minimum absolute atomic E-state index is 0.0789. The van der Waals surface area contributed by atoms with Gasteiger partial charge in [-0.05, 0) is 43.5 Å². The predicted molar refractivity (Wildman–Crippen MR) is 86.8 cm³/mol. The molecular formula is C16H20BrNO3. The number of aryl methyl sites for hydroxylation is 1. The summed E-state index contributed by atoms with van der Waals surface area (Å²) in [6, 6.07) is 5.90. The number of nitrogens with one attached hydrogen (secondary N) is 1. The van der Waals surface area contributed by atoms with Crippen molar-refractivity contribution >= 4 is 33.9 Å². The highest BCUT2D eigenvalue weighted by Gasteiger charge is 2.07. The second-order valence-electron chi connectivity index (χ2n) is 4.84. The zero-order chi connectivity index (χ0) is 15.8. The van der Waals surface area contributed by atoms with E-state index in [-0.39, 0.29) is 18.6 Å². The van der Waals surface area contributed by atoms with Gasteiger partial charge in [0.15, 0.2) is 6.61 Å². The average molecular weight is 354 g/mol. The minimum Gasteiger partial charge on any atom is -0.452 e. The lowest BCUT2D eigenvalue weighted by Gasteiger charge is -2.10. The molecule has 114 valence electrons. The van der Waals surface area contributed by atoms with Crippen molar-refractivity contribution in [1.82, 2.24) is 5.32 Å². The molecule has 0 fully saturated rings. The molecule has 0 aliphatic carbocycles. The van der Waals surface area contributed by atoms with Crippen molar-refractivity contribution in [2.24, 2.45) is 0 Å². The van der Waals surface area contributed by atoms with Crippen LogP contribution in [-0.4, -0.2) is 24.5 Å². The Morgan fingerprint density at radius 2 is 2.14 bits per heavy atom. The summed E-state index contributed by atoms with van der Waals surface area (Å²) in [5, 5.41) is 2.73. The number of benzene rings is 1. The smallest absolute Gasteiger partial charge is 0.331 e. The van der Waals surface area contributed by atoms with Crippen molar-refractivity contribution in [2.45, 2.75) is 33.2 Å². The number of hydrogen-bond donors (Lipinski definition) is 1. The van der Waals surface area contributed by atoms with Gasteiger partial charge < -0.3 is 10.1 Å². The quantitative estimate of drug-likeness (QED) is 0.630. The Morgan fingerprint density at radius 1 is 1.43 bits per heavy atom. The van der Waals surface area contributed by atoms with Gasteiger partial charge in [0.2, 0.25) is 0 Å². The Balaban J connectivity index is 2.46. The highest BCUT2D eigenvalue weighted by Crippen LogP contribution is 2.19. The Labute approximate surface area is 133 Å². The Morgan fingerprint density at radius 3 is 2.76 bits per heavy atom. The summed E-state index contributed by atoms with van der Waals surface area (Å²) in [4.78, 5) is 23.0. The molecule has 1 atom stereocenters. The monoisotopic (exact) mass is 353 g/mol. The van der Waals surface area contributed by atoms with Crippen LogP contribution in [0.3, 0.4) is 0 Å². The maximum absolute atomic E-state index is 11.6. The normalized spacial score (nSPS) is 12.2. The van der Waals surface area contributed by atoms with E-state index in [9.17, 15) is 9.59 Å². The van der Waals surface area contributed by atoms with E-state index in [0.29, 0.717) is 0 Å². The van der Waals surface area contributed by atoms with Gasteiger partial charge in [-0.2, -0.15) is 0 Å². The molecular weight excluding hydrogens is 334 g/mol. The van der Waals surface area contributed by atoms with E-state index in [1.165, 1.54) is 6.08 Å². The molecule has 21 heavy (non-hydrogen) atoms. The van der Waals surface area contributed by atoms with E-state index in [1.54, 1.807) is 6.08 Å². The summed E-state index contributed by atoms with van der Waals surface area (Å²) >= 11 is 3.43. The van der Waals surface area contributed by atoms with Crippen LogP contribution in [0.1, 0.15) is 31.4 Å². The van der Waals surface area contributed by atoms with Gasteiger partial charge in [0.05, 0.1) is 0 Å². The van der Waals surface area contributed by atoms with E-state index in [2.05, 4.69) is 21.2 Å². The molecule has 0 radical (unpaired) electrons. The summed E-state index contributed by atoms with van der Waals surface area (Å²) in [7, 11) is 0. The molecule has 1 aromatic rings. The molecule has 0 aromatic heterocycles. The van der Waals surface area contributed by atoms with Gasteiger partial charge in [0.25, 0.3) is 5.91 Å². The molecule has 0 bridgehead atoms. The number of amides is 1. The first kappa shape index (κ1) is 17.4. The largest absolute Gasteiger partial charge is 0.452 e. The maximum Gasteiger partial charge on any atom is 0.331 e. The molecule has 1 aromatic carbocycles. The zero-order valence-electron chi connectivity index (χ0n) is 12.5. The first-order valence-corrected chi connectivity index (χ1v) is 7.62. The number of carbonyl (C=O) groups excluding carboxylic acids is 2. The highest BCUT2D eigenvalue weighted by molar-refractivity contribution is 9.10. The SMILES string of the molecule is CC[C@H](C)NC(=O)COC(=O)/C=C/c1ccc(C)cc1Br. The van der Waals surface area contributed by atoms with Crippen molar-refractivity contribution in [3.8, 4) is 0 Å². The third-order valence-electron chi connectivity index (χ3n) is 2.92. The molecule has 4 nitrogen and oxygen atoms in total. The van der Waals surface area contributed by atoms with Gasteiger partial charge >= 0.3 is 5.97 Å². The van der Waals surface area contributed by atoms with E-state index in [4.69, 9.17) is 4.74 Å². The summed E-state index contributed by atoms with van der Waals surface area (Å²) in [5.41, 5.74) is 2.00. The molecule has 0 aliphatic rings. The summed E-state index contributed by atoms with van der Waals surface area (Å²) in [6.07, 6.45) is 3.80. The average Bonchev–Trinajstić information content (AvgIpc) is 2.44. The molecule has 0 spiro atoms. The first-order valence-electron chi connectivity index (χ1n) is 6.82. The Kier molecular flexibility index (Phi) is 7.15. The molecule has 0 saturated carbocycles.